The highest BCUT2D eigenvalue weighted by molar-refractivity contribution is 5.43. The molecule has 0 fully saturated rings. The molecule has 4 N–H and O–H groups in total. The van der Waals surface area contributed by atoms with Gasteiger partial charge in [0.25, 0.3) is 0 Å². The average molecular weight is 267 g/mol. The van der Waals surface area contributed by atoms with Gasteiger partial charge < -0.3 is 10.2 Å². The maximum Gasteiger partial charge on any atom is 0.243 e. The lowest BCUT2D eigenvalue weighted by Gasteiger charge is -2.20. The molecule has 0 saturated heterocycles. The van der Waals surface area contributed by atoms with Crippen LogP contribution >= 0.6 is 0 Å². The number of hydrazine groups is 1. The summed E-state index contributed by atoms with van der Waals surface area (Å²) in [7, 11) is 0. The van der Waals surface area contributed by atoms with Crippen molar-refractivity contribution in [3.8, 4) is 0 Å². The first kappa shape index (κ1) is 15.4. The maximum absolute atomic E-state index is 5.41. The van der Waals surface area contributed by atoms with Crippen molar-refractivity contribution in [2.75, 3.05) is 28.7 Å². The predicted octanol–water partition coefficient (Wildman–Crippen LogP) is 1.60. The molecule has 7 nitrogen and oxygen atoms in total. The van der Waals surface area contributed by atoms with Crippen molar-refractivity contribution in [3.05, 3.63) is 0 Å². The number of nitrogens with one attached hydrogen (secondary N) is 2. The Morgan fingerprint density at radius 1 is 1.11 bits per heavy atom. The van der Waals surface area contributed by atoms with Crippen molar-refractivity contribution in [1.29, 1.82) is 0 Å². The van der Waals surface area contributed by atoms with E-state index in [1.165, 1.54) is 0 Å². The lowest BCUT2D eigenvalue weighted by molar-refractivity contribution is 0.682. The summed E-state index contributed by atoms with van der Waals surface area (Å²) in [6, 6.07) is 0.322. The summed E-state index contributed by atoms with van der Waals surface area (Å²) in [6.45, 7) is 10.1. The highest BCUT2D eigenvalue weighted by Gasteiger charge is 2.11. The molecule has 0 aliphatic carbocycles. The molecule has 0 spiro atoms. The van der Waals surface area contributed by atoms with Crippen LogP contribution in [0.4, 0.5) is 17.8 Å². The average Bonchev–Trinajstić information content (AvgIpc) is 2.40. The van der Waals surface area contributed by atoms with E-state index in [2.05, 4.69) is 58.3 Å². The largest absolute Gasteiger partial charge is 0.352 e. The zero-order valence-corrected chi connectivity index (χ0v) is 12.3. The Hall–Kier alpha value is -1.63. The van der Waals surface area contributed by atoms with Gasteiger partial charge >= 0.3 is 0 Å². The first-order chi connectivity index (χ1) is 9.14. The molecular weight excluding hydrogens is 242 g/mol. The molecule has 0 bridgehead atoms. The molecule has 1 atom stereocenters. The third kappa shape index (κ3) is 4.51. The van der Waals surface area contributed by atoms with Crippen molar-refractivity contribution >= 4 is 17.8 Å². The van der Waals surface area contributed by atoms with Gasteiger partial charge in [0.15, 0.2) is 0 Å². The summed E-state index contributed by atoms with van der Waals surface area (Å²) < 4.78 is 0. The number of nitrogen functional groups attached to an aromatic ring is 1. The first-order valence-electron chi connectivity index (χ1n) is 6.88. The molecule has 1 aromatic heterocycles. The minimum absolute atomic E-state index is 0.322. The highest BCUT2D eigenvalue weighted by Crippen LogP contribution is 2.14. The van der Waals surface area contributed by atoms with Gasteiger partial charge in [-0.15, -0.1) is 0 Å². The second kappa shape index (κ2) is 7.73. The van der Waals surface area contributed by atoms with Gasteiger partial charge in [-0.25, -0.2) is 5.84 Å². The van der Waals surface area contributed by atoms with Crippen LogP contribution in [0.5, 0.6) is 0 Å². The van der Waals surface area contributed by atoms with Crippen LogP contribution in [-0.2, 0) is 0 Å². The van der Waals surface area contributed by atoms with Gasteiger partial charge in [0.05, 0.1) is 0 Å². The Labute approximate surface area is 115 Å². The molecule has 1 rings (SSSR count). The molecular formula is C12H25N7. The second-order valence-corrected chi connectivity index (χ2v) is 4.43. The molecule has 108 valence electrons. The number of anilines is 3. The topological polar surface area (TPSA) is 92.0 Å². The standard InChI is InChI=1S/C12H25N7/c1-5-8-9(4)14-10-15-11(18-13)17-12(16-10)19(6-2)7-3/h9H,5-8,13H2,1-4H3,(H2,14,15,16,17,18). The summed E-state index contributed by atoms with van der Waals surface area (Å²) in [5, 5.41) is 3.28. The zero-order valence-electron chi connectivity index (χ0n) is 12.3. The lowest BCUT2D eigenvalue weighted by Crippen LogP contribution is -2.27. The van der Waals surface area contributed by atoms with Crippen molar-refractivity contribution in [1.82, 2.24) is 15.0 Å². The summed E-state index contributed by atoms with van der Waals surface area (Å²) in [6.07, 6.45) is 2.18. The monoisotopic (exact) mass is 267 g/mol. The number of rotatable bonds is 8. The van der Waals surface area contributed by atoms with Gasteiger partial charge in [0.2, 0.25) is 17.8 Å². The molecule has 0 aromatic carbocycles. The van der Waals surface area contributed by atoms with E-state index in [1.807, 2.05) is 0 Å². The molecule has 0 aliphatic rings. The summed E-state index contributed by atoms with van der Waals surface area (Å²) in [4.78, 5) is 15.0. The third-order valence-electron chi connectivity index (χ3n) is 2.90. The van der Waals surface area contributed by atoms with Crippen LogP contribution < -0.4 is 21.5 Å². The number of aromatic nitrogens is 3. The third-order valence-corrected chi connectivity index (χ3v) is 2.90. The van der Waals surface area contributed by atoms with Crippen LogP contribution in [-0.4, -0.2) is 34.1 Å². The Morgan fingerprint density at radius 2 is 1.74 bits per heavy atom. The van der Waals surface area contributed by atoms with Crippen LogP contribution in [0.25, 0.3) is 0 Å². The Morgan fingerprint density at radius 3 is 2.26 bits per heavy atom. The maximum atomic E-state index is 5.41. The smallest absolute Gasteiger partial charge is 0.243 e. The van der Waals surface area contributed by atoms with Crippen molar-refractivity contribution in [3.63, 3.8) is 0 Å². The van der Waals surface area contributed by atoms with E-state index in [1.54, 1.807) is 0 Å². The van der Waals surface area contributed by atoms with E-state index in [0.29, 0.717) is 23.9 Å². The number of hydrogen-bond acceptors (Lipinski definition) is 7. The molecule has 1 unspecified atom stereocenters. The molecule has 7 heteroatoms. The summed E-state index contributed by atoms with van der Waals surface area (Å²) in [5.41, 5.74) is 2.49. The van der Waals surface area contributed by atoms with Crippen molar-refractivity contribution in [2.24, 2.45) is 5.84 Å². The van der Waals surface area contributed by atoms with E-state index in [-0.39, 0.29) is 0 Å². The fourth-order valence-electron chi connectivity index (χ4n) is 1.87. The predicted molar refractivity (Wildman–Crippen MR) is 79.2 cm³/mol. The molecule has 0 saturated carbocycles. The lowest BCUT2D eigenvalue weighted by atomic mass is 10.2. The van der Waals surface area contributed by atoms with E-state index in [4.69, 9.17) is 5.84 Å². The number of nitrogens with zero attached hydrogens (tertiary/aromatic N) is 4. The van der Waals surface area contributed by atoms with Crippen LogP contribution in [0.1, 0.15) is 40.5 Å². The minimum Gasteiger partial charge on any atom is -0.352 e. The fourth-order valence-corrected chi connectivity index (χ4v) is 1.87. The highest BCUT2D eigenvalue weighted by atomic mass is 15.4. The molecule has 1 aromatic rings. The van der Waals surface area contributed by atoms with Gasteiger partial charge in [0.1, 0.15) is 0 Å². The van der Waals surface area contributed by atoms with E-state index in [0.717, 1.165) is 25.9 Å². The van der Waals surface area contributed by atoms with Gasteiger partial charge in [0, 0.05) is 19.1 Å². The van der Waals surface area contributed by atoms with Gasteiger partial charge in [-0.2, -0.15) is 15.0 Å². The quantitative estimate of drug-likeness (QED) is 0.486. The van der Waals surface area contributed by atoms with Gasteiger partial charge in [-0.05, 0) is 27.2 Å². The fraction of sp³-hybridized carbons (Fsp3) is 0.750. The Balaban J connectivity index is 2.94. The zero-order chi connectivity index (χ0) is 14.3. The first-order valence-corrected chi connectivity index (χ1v) is 6.88. The summed E-state index contributed by atoms with van der Waals surface area (Å²) >= 11 is 0. The van der Waals surface area contributed by atoms with Gasteiger partial charge in [-0.3, -0.25) is 5.43 Å². The van der Waals surface area contributed by atoms with Crippen LogP contribution in [0, 0.1) is 0 Å². The molecule has 0 aliphatic heterocycles. The van der Waals surface area contributed by atoms with Crippen LogP contribution in [0.3, 0.4) is 0 Å². The van der Waals surface area contributed by atoms with E-state index in [9.17, 15) is 0 Å². The Bertz CT molecular complexity index is 378. The molecule has 19 heavy (non-hydrogen) atoms. The van der Waals surface area contributed by atoms with Gasteiger partial charge in [-0.1, -0.05) is 13.3 Å². The van der Waals surface area contributed by atoms with Crippen molar-refractivity contribution in [2.45, 2.75) is 46.6 Å². The van der Waals surface area contributed by atoms with E-state index >= 15 is 0 Å². The molecule has 0 radical (unpaired) electrons. The van der Waals surface area contributed by atoms with Crippen LogP contribution in [0.2, 0.25) is 0 Å². The number of nitrogens with two attached hydrogens (primary N) is 1. The van der Waals surface area contributed by atoms with Crippen LogP contribution in [0.15, 0.2) is 0 Å². The minimum atomic E-state index is 0.322. The molecule has 0 amide bonds. The normalized spacial score (nSPS) is 12.1. The Kier molecular flexibility index (Phi) is 6.27. The summed E-state index contributed by atoms with van der Waals surface area (Å²) in [5.74, 6) is 6.99. The van der Waals surface area contributed by atoms with Crippen molar-refractivity contribution < 1.29 is 0 Å². The number of hydrogen-bond donors (Lipinski definition) is 3. The SMILES string of the molecule is CCCC(C)Nc1nc(NN)nc(N(CC)CC)n1. The second-order valence-electron chi connectivity index (χ2n) is 4.43. The van der Waals surface area contributed by atoms with E-state index < -0.39 is 0 Å². The molecule has 1 heterocycles.